The Morgan fingerprint density at radius 2 is 1.15 bits per heavy atom. The molecule has 0 bridgehead atoms. The first-order chi connectivity index (χ1) is 19.3. The molecule has 41 heavy (non-hydrogen) atoms. The molecule has 0 aliphatic carbocycles. The number of hydrogen-bond donors (Lipinski definition) is 1. The van der Waals surface area contributed by atoms with E-state index in [1.807, 2.05) is 12.1 Å². The Morgan fingerprint density at radius 1 is 0.707 bits per heavy atom. The van der Waals surface area contributed by atoms with Crippen LogP contribution in [0.2, 0.25) is 0 Å². The third-order valence-corrected chi connectivity index (χ3v) is 7.80. The number of rotatable bonds is 20. The monoisotopic (exact) mass is 574 g/mol. The highest BCUT2D eigenvalue weighted by molar-refractivity contribution is 5.75. The van der Waals surface area contributed by atoms with E-state index in [1.165, 1.54) is 44.9 Å². The van der Waals surface area contributed by atoms with Gasteiger partial charge in [-0.1, -0.05) is 132 Å². The summed E-state index contributed by atoms with van der Waals surface area (Å²) in [6.45, 7) is 17.8. The summed E-state index contributed by atoms with van der Waals surface area (Å²) in [5.74, 6) is -0.607. The molecule has 0 fully saturated rings. The van der Waals surface area contributed by atoms with Crippen LogP contribution in [-0.4, -0.2) is 30.3 Å². The highest BCUT2D eigenvalue weighted by Gasteiger charge is 2.29. The topological polar surface area (TPSA) is 72.8 Å². The summed E-state index contributed by atoms with van der Waals surface area (Å²) < 4.78 is 11.2. The summed E-state index contributed by atoms with van der Waals surface area (Å²) in [5, 5.41) is 11.1. The third-order valence-electron chi connectivity index (χ3n) is 7.80. The van der Waals surface area contributed by atoms with Crippen LogP contribution in [-0.2, 0) is 36.3 Å². The number of phenolic OH excluding ortho intramolecular Hbond substituents is 1. The first-order valence-electron chi connectivity index (χ1n) is 16.5. The van der Waals surface area contributed by atoms with Gasteiger partial charge in [-0.2, -0.15) is 0 Å². The van der Waals surface area contributed by atoms with Crippen molar-refractivity contribution in [2.45, 2.75) is 163 Å². The van der Waals surface area contributed by atoms with Crippen LogP contribution in [0, 0.1) is 5.92 Å². The number of ether oxygens (including phenoxy) is 2. The van der Waals surface area contributed by atoms with Gasteiger partial charge in [-0.3, -0.25) is 9.59 Å². The van der Waals surface area contributed by atoms with E-state index in [4.69, 9.17) is 9.47 Å². The van der Waals surface area contributed by atoms with Gasteiger partial charge in [-0.15, -0.1) is 0 Å². The van der Waals surface area contributed by atoms with E-state index in [1.54, 1.807) is 0 Å². The lowest BCUT2D eigenvalue weighted by Gasteiger charge is -2.29. The second-order valence-corrected chi connectivity index (χ2v) is 13.9. The van der Waals surface area contributed by atoms with Crippen LogP contribution in [0.3, 0.4) is 0 Å². The zero-order chi connectivity index (χ0) is 30.9. The van der Waals surface area contributed by atoms with Crippen LogP contribution in [0.1, 0.15) is 162 Å². The normalized spacial score (nSPS) is 12.8. The highest BCUT2D eigenvalue weighted by atomic mass is 16.5. The Hall–Kier alpha value is -2.04. The van der Waals surface area contributed by atoms with E-state index in [0.29, 0.717) is 31.8 Å². The summed E-state index contributed by atoms with van der Waals surface area (Å²) in [5.41, 5.74) is 2.22. The van der Waals surface area contributed by atoms with E-state index in [-0.39, 0.29) is 29.2 Å². The van der Waals surface area contributed by atoms with E-state index in [0.717, 1.165) is 48.8 Å². The number of hydrogen-bond acceptors (Lipinski definition) is 5. The molecular formula is C36H62O5. The summed E-state index contributed by atoms with van der Waals surface area (Å²) in [7, 11) is 0. The first-order valence-corrected chi connectivity index (χ1v) is 16.5. The van der Waals surface area contributed by atoms with Crippen molar-refractivity contribution in [1.29, 1.82) is 0 Å². The van der Waals surface area contributed by atoms with Crippen LogP contribution in [0.15, 0.2) is 12.1 Å². The summed E-state index contributed by atoms with van der Waals surface area (Å²) >= 11 is 0. The lowest BCUT2D eigenvalue weighted by atomic mass is 9.77. The number of carbonyl (C=O) groups excluding carboxylic acids is 2. The van der Waals surface area contributed by atoms with Gasteiger partial charge in [-0.05, 0) is 53.2 Å². The molecule has 5 heteroatoms. The number of unbranched alkanes of at least 4 members (excludes halogenated alkanes) is 10. The Bertz CT molecular complexity index is 855. The largest absolute Gasteiger partial charge is 0.507 e. The molecule has 0 radical (unpaired) electrons. The summed E-state index contributed by atoms with van der Waals surface area (Å²) in [4.78, 5) is 25.8. The second-order valence-electron chi connectivity index (χ2n) is 13.9. The molecule has 0 spiro atoms. The molecule has 5 nitrogen and oxygen atoms in total. The molecule has 0 saturated heterocycles. The molecule has 0 saturated carbocycles. The Balaban J connectivity index is 2.93. The van der Waals surface area contributed by atoms with Gasteiger partial charge >= 0.3 is 11.9 Å². The molecule has 0 heterocycles. The standard InChI is InChI=1S/C36H62O5/c1-9-11-13-15-17-19-23-40-32(37)22-21-29(34(39)41-24-20-18-16-14-12-10-2)25-28-26-30(35(3,4)5)33(38)31(27-28)36(6,7)8/h26-27,29,38H,9-25H2,1-8H3. The van der Waals surface area contributed by atoms with E-state index >= 15 is 0 Å². The number of phenols is 1. The fraction of sp³-hybridized carbons (Fsp3) is 0.778. The van der Waals surface area contributed by atoms with Gasteiger partial charge in [0.05, 0.1) is 19.1 Å². The minimum Gasteiger partial charge on any atom is -0.507 e. The van der Waals surface area contributed by atoms with Crippen LogP contribution in [0.25, 0.3) is 0 Å². The van der Waals surface area contributed by atoms with E-state index < -0.39 is 5.92 Å². The van der Waals surface area contributed by atoms with E-state index in [9.17, 15) is 14.7 Å². The lowest BCUT2D eigenvalue weighted by molar-refractivity contribution is -0.150. The predicted octanol–water partition coefficient (Wildman–Crippen LogP) is 9.73. The van der Waals surface area contributed by atoms with Crippen molar-refractivity contribution in [3.05, 3.63) is 28.8 Å². The molecule has 1 unspecified atom stereocenters. The Morgan fingerprint density at radius 3 is 1.61 bits per heavy atom. The van der Waals surface area contributed by atoms with Crippen LogP contribution < -0.4 is 0 Å². The molecule has 0 amide bonds. The fourth-order valence-corrected chi connectivity index (χ4v) is 5.15. The number of benzene rings is 1. The number of esters is 2. The van der Waals surface area contributed by atoms with Crippen molar-refractivity contribution in [2.24, 2.45) is 5.92 Å². The van der Waals surface area contributed by atoms with Gasteiger partial charge in [0.1, 0.15) is 5.75 Å². The van der Waals surface area contributed by atoms with Crippen molar-refractivity contribution in [3.8, 4) is 5.75 Å². The average molecular weight is 575 g/mol. The zero-order valence-corrected chi connectivity index (χ0v) is 27.8. The van der Waals surface area contributed by atoms with Crippen molar-refractivity contribution in [3.63, 3.8) is 0 Å². The maximum Gasteiger partial charge on any atom is 0.309 e. The molecule has 1 aromatic rings. The van der Waals surface area contributed by atoms with Gasteiger partial charge in [-0.25, -0.2) is 0 Å². The maximum atomic E-state index is 13.3. The van der Waals surface area contributed by atoms with Gasteiger partial charge < -0.3 is 14.6 Å². The molecule has 236 valence electrons. The minimum atomic E-state index is -0.443. The molecule has 1 aromatic carbocycles. The maximum absolute atomic E-state index is 13.3. The highest BCUT2D eigenvalue weighted by Crippen LogP contribution is 2.40. The Labute approximate surface area is 252 Å². The molecule has 1 atom stereocenters. The van der Waals surface area contributed by atoms with Crippen LogP contribution in [0.5, 0.6) is 5.75 Å². The molecule has 1 rings (SSSR count). The third kappa shape index (κ3) is 15.1. The lowest BCUT2D eigenvalue weighted by Crippen LogP contribution is -2.23. The van der Waals surface area contributed by atoms with E-state index in [2.05, 4.69) is 55.4 Å². The van der Waals surface area contributed by atoms with Crippen LogP contribution in [0.4, 0.5) is 0 Å². The molecule has 0 aliphatic rings. The predicted molar refractivity (Wildman–Crippen MR) is 171 cm³/mol. The van der Waals surface area contributed by atoms with Crippen molar-refractivity contribution >= 4 is 11.9 Å². The van der Waals surface area contributed by atoms with Crippen molar-refractivity contribution < 1.29 is 24.2 Å². The summed E-state index contributed by atoms with van der Waals surface area (Å²) in [6.07, 6.45) is 14.7. The van der Waals surface area contributed by atoms with Crippen molar-refractivity contribution in [2.75, 3.05) is 13.2 Å². The van der Waals surface area contributed by atoms with Crippen molar-refractivity contribution in [1.82, 2.24) is 0 Å². The van der Waals surface area contributed by atoms with Crippen LogP contribution >= 0.6 is 0 Å². The Kier molecular flexibility index (Phi) is 17.3. The van der Waals surface area contributed by atoms with Gasteiger partial charge in [0.2, 0.25) is 0 Å². The molecule has 0 aromatic heterocycles. The average Bonchev–Trinajstić information content (AvgIpc) is 2.89. The SMILES string of the molecule is CCCCCCCCOC(=O)CCC(Cc1cc(C(C)(C)C)c(O)c(C(C)(C)C)c1)C(=O)OCCCCCCCC. The van der Waals surface area contributed by atoms with Gasteiger partial charge in [0.15, 0.2) is 0 Å². The van der Waals surface area contributed by atoms with Gasteiger partial charge in [0, 0.05) is 6.42 Å². The van der Waals surface area contributed by atoms with Gasteiger partial charge in [0.25, 0.3) is 0 Å². The summed E-state index contributed by atoms with van der Waals surface area (Å²) in [6, 6.07) is 4.05. The first kappa shape index (κ1) is 37.0. The minimum absolute atomic E-state index is 0.197. The smallest absolute Gasteiger partial charge is 0.309 e. The number of aromatic hydroxyl groups is 1. The molecule has 1 N–H and O–H groups in total. The second kappa shape index (κ2) is 19.2. The zero-order valence-electron chi connectivity index (χ0n) is 27.8. The quantitative estimate of drug-likeness (QED) is 0.124. The fourth-order valence-electron chi connectivity index (χ4n) is 5.15. The number of carbonyl (C=O) groups is 2. The molecular weight excluding hydrogens is 512 g/mol. The molecule has 0 aliphatic heterocycles.